The monoisotopic (exact) mass is 385 g/mol. The van der Waals surface area contributed by atoms with Crippen molar-refractivity contribution in [2.24, 2.45) is 0 Å². The van der Waals surface area contributed by atoms with Gasteiger partial charge in [-0.25, -0.2) is 9.97 Å². The summed E-state index contributed by atoms with van der Waals surface area (Å²) in [5.74, 6) is 1.10. The lowest BCUT2D eigenvalue weighted by atomic mass is 10.3. The molecule has 0 atom stereocenters. The second kappa shape index (κ2) is 9.24. The molecule has 2 amide bonds. The van der Waals surface area contributed by atoms with Gasteiger partial charge in [-0.1, -0.05) is 30.3 Å². The summed E-state index contributed by atoms with van der Waals surface area (Å²) in [5.41, 5.74) is 0. The number of thioether (sulfide) groups is 1. The first-order chi connectivity index (χ1) is 11.9. The molecular weight excluding hydrogens is 362 g/mol. The molecule has 0 unspecified atom stereocenters. The molecule has 0 bridgehead atoms. The van der Waals surface area contributed by atoms with Gasteiger partial charge < -0.3 is 14.7 Å². The van der Waals surface area contributed by atoms with Crippen molar-refractivity contribution < 1.29 is 9.59 Å². The molecule has 25 heavy (non-hydrogen) atoms. The van der Waals surface area contributed by atoms with Crippen LogP contribution in [-0.2, 0) is 9.59 Å². The van der Waals surface area contributed by atoms with Crippen LogP contribution < -0.4 is 4.90 Å². The quantitative estimate of drug-likeness (QED) is 0.422. The lowest BCUT2D eigenvalue weighted by Crippen LogP contribution is -2.50. The molecule has 9 heteroatoms. The van der Waals surface area contributed by atoms with Crippen molar-refractivity contribution in [2.75, 3.05) is 50.4 Å². The van der Waals surface area contributed by atoms with E-state index in [1.54, 1.807) is 22.8 Å². The lowest BCUT2D eigenvalue weighted by Gasteiger charge is -2.34. The van der Waals surface area contributed by atoms with Crippen LogP contribution in [0.3, 0.4) is 0 Å². The number of nitrogens with zero attached hydrogens (tertiary/aromatic N) is 5. The fraction of sp³-hybridized carbons (Fsp3) is 0.625. The zero-order valence-corrected chi connectivity index (χ0v) is 16.4. The molecule has 0 aliphatic carbocycles. The molecule has 1 aliphatic heterocycles. The van der Waals surface area contributed by atoms with E-state index in [1.165, 1.54) is 11.8 Å². The van der Waals surface area contributed by atoms with Gasteiger partial charge in [0.1, 0.15) is 11.0 Å². The van der Waals surface area contributed by atoms with Gasteiger partial charge in [0.05, 0.1) is 5.75 Å². The van der Waals surface area contributed by atoms with Gasteiger partial charge in [0.25, 0.3) is 0 Å². The number of aromatic nitrogens is 2. The molecular formula is C16H24ClN5O2S. The second-order valence-electron chi connectivity index (χ2n) is 5.93. The molecule has 0 spiro atoms. The highest BCUT2D eigenvalue weighted by Crippen LogP contribution is 2.22. The Bertz CT molecular complexity index is 623. The third-order valence-electron chi connectivity index (χ3n) is 4.01. The minimum Gasteiger partial charge on any atom is -0.360 e. The van der Waals surface area contributed by atoms with E-state index in [2.05, 4.69) is 16.9 Å². The Morgan fingerprint density at radius 2 is 1.88 bits per heavy atom. The molecule has 1 saturated heterocycles. The number of anilines is 1. The third kappa shape index (κ3) is 5.74. The minimum atomic E-state index is 0.0280. The normalized spacial score (nSPS) is 14.6. The van der Waals surface area contributed by atoms with Gasteiger partial charge in [-0.3, -0.25) is 9.59 Å². The van der Waals surface area contributed by atoms with Crippen molar-refractivity contribution >= 4 is 41.0 Å². The Morgan fingerprint density at radius 1 is 1.24 bits per heavy atom. The molecule has 1 aromatic rings. The molecule has 2 rings (SSSR count). The van der Waals surface area contributed by atoms with Crippen LogP contribution in [0.2, 0.25) is 5.15 Å². The molecule has 1 fully saturated rings. The number of hydrogen-bond donors (Lipinski definition) is 0. The number of piperazine rings is 1. The van der Waals surface area contributed by atoms with Crippen molar-refractivity contribution in [3.63, 3.8) is 0 Å². The molecule has 0 saturated carbocycles. The summed E-state index contributed by atoms with van der Waals surface area (Å²) in [7, 11) is 1.95. The van der Waals surface area contributed by atoms with E-state index in [4.69, 9.17) is 11.6 Å². The van der Waals surface area contributed by atoms with Gasteiger partial charge in [-0.15, -0.1) is 0 Å². The molecule has 7 nitrogen and oxygen atoms in total. The zero-order valence-electron chi connectivity index (χ0n) is 14.9. The van der Waals surface area contributed by atoms with Crippen LogP contribution in [0.4, 0.5) is 5.82 Å². The van der Waals surface area contributed by atoms with Crippen molar-refractivity contribution in [1.82, 2.24) is 19.8 Å². The maximum Gasteiger partial charge on any atom is 0.233 e. The summed E-state index contributed by atoms with van der Waals surface area (Å²) < 4.78 is 0. The maximum absolute atomic E-state index is 12.4. The van der Waals surface area contributed by atoms with Crippen molar-refractivity contribution in [3.8, 4) is 0 Å². The first kappa shape index (κ1) is 19.8. The summed E-state index contributed by atoms with van der Waals surface area (Å²) >= 11 is 7.37. The van der Waals surface area contributed by atoms with E-state index < -0.39 is 0 Å². The van der Waals surface area contributed by atoms with Crippen molar-refractivity contribution in [1.29, 1.82) is 0 Å². The third-order valence-corrected chi connectivity index (χ3v) is 5.04. The lowest BCUT2D eigenvalue weighted by molar-refractivity contribution is -0.136. The Morgan fingerprint density at radius 3 is 2.48 bits per heavy atom. The van der Waals surface area contributed by atoms with Crippen LogP contribution >= 0.6 is 23.4 Å². The number of carbonyl (C=O) groups is 2. The number of amides is 2. The summed E-state index contributed by atoms with van der Waals surface area (Å²) in [5, 5.41) is 0.874. The molecule has 2 heterocycles. The van der Waals surface area contributed by atoms with Crippen LogP contribution in [-0.4, -0.2) is 77.1 Å². The summed E-state index contributed by atoms with van der Waals surface area (Å²) in [6, 6.07) is 1.73. The molecule has 0 radical (unpaired) electrons. The zero-order chi connectivity index (χ0) is 18.4. The van der Waals surface area contributed by atoms with E-state index in [0.717, 1.165) is 18.8 Å². The number of carbonyl (C=O) groups excluding carboxylic acids is 2. The van der Waals surface area contributed by atoms with Crippen LogP contribution in [0, 0.1) is 0 Å². The average molecular weight is 386 g/mol. The van der Waals surface area contributed by atoms with E-state index in [-0.39, 0.29) is 17.6 Å². The second-order valence-corrected chi connectivity index (χ2v) is 7.26. The van der Waals surface area contributed by atoms with Gasteiger partial charge in [0, 0.05) is 52.8 Å². The molecule has 1 aromatic heterocycles. The maximum atomic E-state index is 12.4. The van der Waals surface area contributed by atoms with Gasteiger partial charge in [-0.2, -0.15) is 0 Å². The SMILES string of the molecule is CCCN(C)c1cc(Cl)nc(SCC(=O)N2CCN(C(C)=O)CC2)n1. The highest BCUT2D eigenvalue weighted by molar-refractivity contribution is 7.99. The van der Waals surface area contributed by atoms with E-state index in [9.17, 15) is 9.59 Å². The van der Waals surface area contributed by atoms with Gasteiger partial charge in [0.15, 0.2) is 5.16 Å². The standard InChI is InChI=1S/C16H24ClN5O2S/c1-4-5-20(3)14-10-13(17)18-16(19-14)25-11-15(24)22-8-6-21(7-9-22)12(2)23/h10H,4-9,11H2,1-3H3. The van der Waals surface area contributed by atoms with E-state index in [1.807, 2.05) is 11.9 Å². The smallest absolute Gasteiger partial charge is 0.233 e. The van der Waals surface area contributed by atoms with Crippen LogP contribution in [0.25, 0.3) is 0 Å². The predicted molar refractivity (Wildman–Crippen MR) is 100 cm³/mol. The Labute approximate surface area is 157 Å². The average Bonchev–Trinajstić information content (AvgIpc) is 2.59. The Balaban J connectivity index is 1.90. The summed E-state index contributed by atoms with van der Waals surface area (Å²) in [6.45, 7) is 6.84. The Hall–Kier alpha value is -1.54. The summed E-state index contributed by atoms with van der Waals surface area (Å²) in [6.07, 6.45) is 1.01. The van der Waals surface area contributed by atoms with Gasteiger partial charge in [-0.05, 0) is 6.42 Å². The topological polar surface area (TPSA) is 69.6 Å². The first-order valence-corrected chi connectivity index (χ1v) is 9.69. The fourth-order valence-electron chi connectivity index (χ4n) is 2.58. The fourth-order valence-corrected chi connectivity index (χ4v) is 3.57. The van der Waals surface area contributed by atoms with Gasteiger partial charge in [0.2, 0.25) is 11.8 Å². The van der Waals surface area contributed by atoms with Crippen LogP contribution in [0.5, 0.6) is 0 Å². The van der Waals surface area contributed by atoms with E-state index >= 15 is 0 Å². The minimum absolute atomic E-state index is 0.0280. The van der Waals surface area contributed by atoms with Gasteiger partial charge >= 0.3 is 0 Å². The number of halogens is 1. The first-order valence-electron chi connectivity index (χ1n) is 8.32. The summed E-state index contributed by atoms with van der Waals surface area (Å²) in [4.78, 5) is 37.9. The number of rotatable bonds is 6. The molecule has 1 aliphatic rings. The number of hydrogen-bond acceptors (Lipinski definition) is 6. The van der Waals surface area contributed by atoms with Crippen LogP contribution in [0.1, 0.15) is 20.3 Å². The highest BCUT2D eigenvalue weighted by Gasteiger charge is 2.22. The molecule has 0 N–H and O–H groups in total. The van der Waals surface area contributed by atoms with E-state index in [0.29, 0.717) is 36.5 Å². The van der Waals surface area contributed by atoms with Crippen molar-refractivity contribution in [2.45, 2.75) is 25.4 Å². The predicted octanol–water partition coefficient (Wildman–Crippen LogP) is 1.76. The molecule has 0 aromatic carbocycles. The van der Waals surface area contributed by atoms with Crippen LogP contribution in [0.15, 0.2) is 11.2 Å². The Kier molecular flexibility index (Phi) is 7.31. The largest absolute Gasteiger partial charge is 0.360 e. The highest BCUT2D eigenvalue weighted by atomic mass is 35.5. The molecule has 138 valence electrons. The van der Waals surface area contributed by atoms with Crippen molar-refractivity contribution in [3.05, 3.63) is 11.2 Å².